The van der Waals surface area contributed by atoms with Crippen LogP contribution in [0.1, 0.15) is 21.8 Å². The van der Waals surface area contributed by atoms with Gasteiger partial charge in [-0.05, 0) is 25.1 Å². The van der Waals surface area contributed by atoms with Crippen LogP contribution in [0.25, 0.3) is 0 Å². The molecule has 18 heavy (non-hydrogen) atoms. The summed E-state index contributed by atoms with van der Waals surface area (Å²) in [6.07, 6.45) is 0. The summed E-state index contributed by atoms with van der Waals surface area (Å²) in [5.41, 5.74) is 0.713. The fraction of sp³-hybridized carbons (Fsp3) is 0.167. The van der Waals surface area contributed by atoms with E-state index in [1.165, 1.54) is 18.2 Å². The van der Waals surface area contributed by atoms with Crippen molar-refractivity contribution in [1.29, 1.82) is 0 Å². The number of hydrogen-bond donors (Lipinski definition) is 1. The number of aromatic nitrogens is 1. The van der Waals surface area contributed by atoms with E-state index < -0.39 is 5.97 Å². The Balaban J connectivity index is 2.05. The molecule has 2 rings (SSSR count). The zero-order valence-corrected chi connectivity index (χ0v) is 10.3. The van der Waals surface area contributed by atoms with Gasteiger partial charge in [0.2, 0.25) is 0 Å². The van der Waals surface area contributed by atoms with E-state index in [1.807, 2.05) is 0 Å². The maximum atomic E-state index is 11.7. The first-order chi connectivity index (χ1) is 8.56. The van der Waals surface area contributed by atoms with E-state index in [0.717, 1.165) is 0 Å². The van der Waals surface area contributed by atoms with E-state index in [2.05, 4.69) is 5.16 Å². The van der Waals surface area contributed by atoms with E-state index in [0.29, 0.717) is 16.5 Å². The lowest BCUT2D eigenvalue weighted by Crippen LogP contribution is -2.05. The second-order valence-corrected chi connectivity index (χ2v) is 4.11. The number of nitrogens with zero attached hydrogens (tertiary/aromatic N) is 1. The van der Waals surface area contributed by atoms with Crippen LogP contribution in [0, 0.1) is 6.92 Å². The van der Waals surface area contributed by atoms with Crippen LogP contribution in [0.2, 0.25) is 5.02 Å². The van der Waals surface area contributed by atoms with Gasteiger partial charge in [0.25, 0.3) is 0 Å². The number of benzene rings is 1. The summed E-state index contributed by atoms with van der Waals surface area (Å²) >= 11 is 5.73. The number of hydrogen-bond acceptors (Lipinski definition) is 5. The molecule has 94 valence electrons. The van der Waals surface area contributed by atoms with Crippen molar-refractivity contribution in [2.24, 2.45) is 0 Å². The second-order valence-electron chi connectivity index (χ2n) is 3.67. The Bertz CT molecular complexity index is 579. The maximum absolute atomic E-state index is 11.7. The molecule has 0 radical (unpaired) electrons. The molecular formula is C12H10ClNO4. The minimum atomic E-state index is -0.677. The summed E-state index contributed by atoms with van der Waals surface area (Å²) in [6, 6.07) is 5.81. The largest absolute Gasteiger partial charge is 0.507 e. The number of rotatable bonds is 3. The lowest BCUT2D eigenvalue weighted by Gasteiger charge is -2.04. The number of aryl methyl sites for hydroxylation is 1. The number of aromatic hydroxyl groups is 1. The first kappa shape index (κ1) is 12.4. The van der Waals surface area contributed by atoms with Crippen LogP contribution in [-0.4, -0.2) is 16.2 Å². The first-order valence-electron chi connectivity index (χ1n) is 5.14. The van der Waals surface area contributed by atoms with Crippen molar-refractivity contribution >= 4 is 17.6 Å². The van der Waals surface area contributed by atoms with E-state index >= 15 is 0 Å². The summed E-state index contributed by atoms with van der Waals surface area (Å²) in [5.74, 6) is -0.426. The molecule has 0 saturated heterocycles. The molecule has 6 heteroatoms. The van der Waals surface area contributed by atoms with Gasteiger partial charge in [0.1, 0.15) is 11.3 Å². The minimum Gasteiger partial charge on any atom is -0.507 e. The van der Waals surface area contributed by atoms with Crippen molar-refractivity contribution in [3.05, 3.63) is 46.3 Å². The standard InChI is InChI=1S/C12H10ClNO4/c1-7-4-9(18-14-7)6-17-12(16)10-5-8(13)2-3-11(10)15/h2-5,15H,6H2,1H3. The Labute approximate surface area is 108 Å². The molecule has 0 aliphatic rings. The number of phenolic OH excluding ortho intramolecular Hbond substituents is 1. The van der Waals surface area contributed by atoms with Gasteiger partial charge >= 0.3 is 5.97 Å². The molecule has 0 aliphatic heterocycles. The monoisotopic (exact) mass is 267 g/mol. The third-order valence-corrected chi connectivity index (χ3v) is 2.44. The second kappa shape index (κ2) is 5.10. The number of carbonyl (C=O) groups is 1. The number of carbonyl (C=O) groups excluding carboxylic acids is 1. The van der Waals surface area contributed by atoms with Crippen LogP contribution in [0.4, 0.5) is 0 Å². The molecule has 0 amide bonds. The zero-order valence-electron chi connectivity index (χ0n) is 9.51. The van der Waals surface area contributed by atoms with Crippen LogP contribution in [-0.2, 0) is 11.3 Å². The molecule has 1 heterocycles. The first-order valence-corrected chi connectivity index (χ1v) is 5.52. The maximum Gasteiger partial charge on any atom is 0.342 e. The quantitative estimate of drug-likeness (QED) is 0.866. The molecule has 1 aromatic carbocycles. The van der Waals surface area contributed by atoms with Crippen LogP contribution in [0.5, 0.6) is 5.75 Å². The van der Waals surface area contributed by atoms with E-state index in [1.54, 1.807) is 13.0 Å². The van der Waals surface area contributed by atoms with Crippen molar-refractivity contribution in [2.75, 3.05) is 0 Å². The summed E-state index contributed by atoms with van der Waals surface area (Å²) in [7, 11) is 0. The molecule has 1 aromatic heterocycles. The Morgan fingerprint density at radius 2 is 2.28 bits per heavy atom. The van der Waals surface area contributed by atoms with Crippen molar-refractivity contribution in [2.45, 2.75) is 13.5 Å². The van der Waals surface area contributed by atoms with Crippen LogP contribution >= 0.6 is 11.6 Å². The van der Waals surface area contributed by atoms with Gasteiger partial charge < -0.3 is 14.4 Å². The number of ether oxygens (including phenoxy) is 1. The van der Waals surface area contributed by atoms with Crippen molar-refractivity contribution in [3.63, 3.8) is 0 Å². The van der Waals surface area contributed by atoms with Gasteiger partial charge in [-0.1, -0.05) is 16.8 Å². The lowest BCUT2D eigenvalue weighted by molar-refractivity contribution is 0.0434. The molecule has 2 aromatic rings. The highest BCUT2D eigenvalue weighted by molar-refractivity contribution is 6.31. The number of halogens is 1. The summed E-state index contributed by atoms with van der Waals surface area (Å²) in [5, 5.41) is 13.5. The average Bonchev–Trinajstić information content (AvgIpc) is 2.75. The number of phenols is 1. The van der Waals surface area contributed by atoms with E-state index in [9.17, 15) is 9.90 Å². The summed E-state index contributed by atoms with van der Waals surface area (Å²) in [6.45, 7) is 1.71. The molecule has 0 aliphatic carbocycles. The Kier molecular flexibility index (Phi) is 3.53. The normalized spacial score (nSPS) is 10.3. The van der Waals surface area contributed by atoms with Gasteiger partial charge in [0.15, 0.2) is 12.4 Å². The molecule has 0 atom stereocenters. The topological polar surface area (TPSA) is 72.6 Å². The predicted octanol–water partition coefficient (Wildman–Crippen LogP) is 2.70. The molecule has 1 N–H and O–H groups in total. The molecule has 5 nitrogen and oxygen atoms in total. The predicted molar refractivity (Wildman–Crippen MR) is 63.5 cm³/mol. The Morgan fingerprint density at radius 3 is 2.94 bits per heavy atom. The fourth-order valence-electron chi connectivity index (χ4n) is 1.37. The Hall–Kier alpha value is -2.01. The van der Waals surface area contributed by atoms with Gasteiger partial charge in [0, 0.05) is 11.1 Å². The highest BCUT2D eigenvalue weighted by atomic mass is 35.5. The highest BCUT2D eigenvalue weighted by Gasteiger charge is 2.14. The average molecular weight is 268 g/mol. The van der Waals surface area contributed by atoms with Crippen molar-refractivity contribution < 1.29 is 19.2 Å². The van der Waals surface area contributed by atoms with E-state index in [4.69, 9.17) is 20.9 Å². The lowest BCUT2D eigenvalue weighted by atomic mass is 10.2. The van der Waals surface area contributed by atoms with Crippen LogP contribution in [0.15, 0.2) is 28.8 Å². The van der Waals surface area contributed by atoms with Gasteiger partial charge in [-0.15, -0.1) is 0 Å². The molecule has 0 spiro atoms. The molecule has 0 fully saturated rings. The highest BCUT2D eigenvalue weighted by Crippen LogP contribution is 2.22. The van der Waals surface area contributed by atoms with Gasteiger partial charge in [-0.2, -0.15) is 0 Å². The van der Waals surface area contributed by atoms with Crippen LogP contribution in [0.3, 0.4) is 0 Å². The van der Waals surface area contributed by atoms with Gasteiger partial charge in [0.05, 0.1) is 5.69 Å². The summed E-state index contributed by atoms with van der Waals surface area (Å²) < 4.78 is 9.86. The molecule has 0 bridgehead atoms. The SMILES string of the molecule is Cc1cc(COC(=O)c2cc(Cl)ccc2O)on1. The zero-order chi connectivity index (χ0) is 13.1. The molecule has 0 unspecified atom stereocenters. The summed E-state index contributed by atoms with van der Waals surface area (Å²) in [4.78, 5) is 11.7. The third-order valence-electron chi connectivity index (χ3n) is 2.20. The van der Waals surface area contributed by atoms with Gasteiger partial charge in [-0.25, -0.2) is 4.79 Å². The molecule has 0 saturated carbocycles. The van der Waals surface area contributed by atoms with E-state index in [-0.39, 0.29) is 17.9 Å². The smallest absolute Gasteiger partial charge is 0.342 e. The molecular weight excluding hydrogens is 258 g/mol. The van der Waals surface area contributed by atoms with Crippen LogP contribution < -0.4 is 0 Å². The van der Waals surface area contributed by atoms with Crippen molar-refractivity contribution in [1.82, 2.24) is 5.16 Å². The number of esters is 1. The van der Waals surface area contributed by atoms with Gasteiger partial charge in [-0.3, -0.25) is 0 Å². The van der Waals surface area contributed by atoms with Crippen molar-refractivity contribution in [3.8, 4) is 5.75 Å². The Morgan fingerprint density at radius 1 is 1.50 bits per heavy atom. The third kappa shape index (κ3) is 2.81. The fourth-order valence-corrected chi connectivity index (χ4v) is 1.54. The minimum absolute atomic E-state index is 0.0127.